The first-order valence-electron chi connectivity index (χ1n) is 7.98. The molecular formula is C18H15N7O. The molecule has 0 atom stereocenters. The highest BCUT2D eigenvalue weighted by atomic mass is 16.2. The summed E-state index contributed by atoms with van der Waals surface area (Å²) in [4.78, 5) is 24.6. The summed E-state index contributed by atoms with van der Waals surface area (Å²) in [6.45, 7) is 0.409. The molecule has 0 fully saturated rings. The van der Waals surface area contributed by atoms with Gasteiger partial charge in [-0.15, -0.1) is 0 Å². The van der Waals surface area contributed by atoms with Crippen molar-refractivity contribution in [2.75, 3.05) is 5.32 Å². The first kappa shape index (κ1) is 15.7. The maximum absolute atomic E-state index is 12.1. The fourth-order valence-corrected chi connectivity index (χ4v) is 2.50. The van der Waals surface area contributed by atoms with Crippen LogP contribution >= 0.6 is 0 Å². The van der Waals surface area contributed by atoms with E-state index in [9.17, 15) is 4.79 Å². The van der Waals surface area contributed by atoms with Gasteiger partial charge in [-0.3, -0.25) is 4.98 Å². The maximum Gasteiger partial charge on any atom is 0.319 e. The number of urea groups is 1. The molecule has 2 N–H and O–H groups in total. The number of nitrogens with one attached hydrogen (secondary N) is 2. The molecule has 3 aromatic heterocycles. The number of anilines is 1. The number of aromatic nitrogens is 5. The van der Waals surface area contributed by atoms with Gasteiger partial charge in [-0.25, -0.2) is 19.4 Å². The van der Waals surface area contributed by atoms with E-state index >= 15 is 0 Å². The lowest BCUT2D eigenvalue weighted by atomic mass is 10.1. The van der Waals surface area contributed by atoms with Crippen LogP contribution in [-0.2, 0) is 6.54 Å². The Morgan fingerprint density at radius 3 is 2.77 bits per heavy atom. The molecular weight excluding hydrogens is 330 g/mol. The lowest BCUT2D eigenvalue weighted by Crippen LogP contribution is -2.28. The van der Waals surface area contributed by atoms with Crippen LogP contribution in [0.2, 0.25) is 0 Å². The summed E-state index contributed by atoms with van der Waals surface area (Å²) in [5.74, 6) is 0.436. The summed E-state index contributed by atoms with van der Waals surface area (Å²) < 4.78 is 1.49. The zero-order valence-corrected chi connectivity index (χ0v) is 13.7. The summed E-state index contributed by atoms with van der Waals surface area (Å²) in [7, 11) is 0. The number of carbonyl (C=O) groups excluding carboxylic acids is 1. The summed E-state index contributed by atoms with van der Waals surface area (Å²) in [6, 6.07) is 11.2. The van der Waals surface area contributed by atoms with Gasteiger partial charge in [0.15, 0.2) is 0 Å². The highest BCUT2D eigenvalue weighted by Crippen LogP contribution is 2.13. The smallest absolute Gasteiger partial charge is 0.319 e. The van der Waals surface area contributed by atoms with Gasteiger partial charge in [-0.1, -0.05) is 12.1 Å². The molecule has 0 spiro atoms. The van der Waals surface area contributed by atoms with Gasteiger partial charge in [0.2, 0.25) is 5.95 Å². The minimum atomic E-state index is -0.315. The number of fused-ring (bicyclic) bond motifs is 1. The van der Waals surface area contributed by atoms with Gasteiger partial charge in [0.1, 0.15) is 0 Å². The average Bonchev–Trinajstić information content (AvgIpc) is 3.15. The van der Waals surface area contributed by atoms with E-state index < -0.39 is 0 Å². The second kappa shape index (κ2) is 6.98. The first-order chi connectivity index (χ1) is 12.8. The molecule has 0 saturated carbocycles. The lowest BCUT2D eigenvalue weighted by Gasteiger charge is -2.07. The Bertz CT molecular complexity index is 1050. The molecule has 0 bridgehead atoms. The number of benzene rings is 1. The molecule has 0 radical (unpaired) electrons. The monoisotopic (exact) mass is 345 g/mol. The highest BCUT2D eigenvalue weighted by Gasteiger charge is 2.06. The third-order valence-electron chi connectivity index (χ3n) is 3.72. The van der Waals surface area contributed by atoms with Crippen molar-refractivity contribution in [3.8, 4) is 5.95 Å². The Hall–Kier alpha value is -3.81. The second-order valence-electron chi connectivity index (χ2n) is 5.56. The number of hydrogen-bond donors (Lipinski definition) is 2. The van der Waals surface area contributed by atoms with Crippen molar-refractivity contribution in [3.63, 3.8) is 0 Å². The van der Waals surface area contributed by atoms with Crippen molar-refractivity contribution in [3.05, 3.63) is 72.9 Å². The van der Waals surface area contributed by atoms with E-state index in [2.05, 4.69) is 30.7 Å². The van der Waals surface area contributed by atoms with Crippen LogP contribution in [0.3, 0.4) is 0 Å². The predicted octanol–water partition coefficient (Wildman–Crippen LogP) is 2.53. The summed E-state index contributed by atoms with van der Waals surface area (Å²) >= 11 is 0. The number of nitrogens with zero attached hydrogens (tertiary/aromatic N) is 5. The molecule has 1 aromatic carbocycles. The number of carbonyl (C=O) groups is 1. The Labute approximate surface area is 148 Å². The Balaban J connectivity index is 1.37. The predicted molar refractivity (Wildman–Crippen MR) is 96.8 cm³/mol. The third-order valence-corrected chi connectivity index (χ3v) is 3.72. The lowest BCUT2D eigenvalue weighted by molar-refractivity contribution is 0.251. The molecule has 8 heteroatoms. The van der Waals surface area contributed by atoms with Gasteiger partial charge < -0.3 is 10.6 Å². The van der Waals surface area contributed by atoms with Crippen molar-refractivity contribution in [2.24, 2.45) is 0 Å². The van der Waals surface area contributed by atoms with E-state index in [1.165, 1.54) is 10.9 Å². The van der Waals surface area contributed by atoms with E-state index in [0.29, 0.717) is 18.2 Å². The molecule has 3 heterocycles. The normalized spacial score (nSPS) is 10.6. The van der Waals surface area contributed by atoms with Gasteiger partial charge in [-0.2, -0.15) is 5.10 Å². The van der Waals surface area contributed by atoms with Crippen LogP contribution in [0.1, 0.15) is 5.56 Å². The Morgan fingerprint density at radius 2 is 1.88 bits per heavy atom. The zero-order valence-electron chi connectivity index (χ0n) is 13.7. The van der Waals surface area contributed by atoms with Gasteiger partial charge in [0.05, 0.1) is 23.6 Å². The van der Waals surface area contributed by atoms with Crippen LogP contribution in [0.5, 0.6) is 0 Å². The first-order valence-corrected chi connectivity index (χ1v) is 7.98. The van der Waals surface area contributed by atoms with Crippen LogP contribution in [-0.4, -0.2) is 30.8 Å². The van der Waals surface area contributed by atoms with Crippen LogP contribution in [0.4, 0.5) is 10.5 Å². The quantitative estimate of drug-likeness (QED) is 0.592. The average molecular weight is 345 g/mol. The molecule has 0 saturated heterocycles. The molecule has 0 unspecified atom stereocenters. The summed E-state index contributed by atoms with van der Waals surface area (Å²) in [5, 5.41) is 10.7. The van der Waals surface area contributed by atoms with Gasteiger partial charge in [0, 0.05) is 30.5 Å². The SMILES string of the molecule is O=C(NCc1ccc2ncccc2c1)Nc1cnn(-c2ncccn2)c1. The zero-order chi connectivity index (χ0) is 17.8. The van der Waals surface area contributed by atoms with Gasteiger partial charge >= 0.3 is 6.03 Å². The minimum absolute atomic E-state index is 0.315. The topological polar surface area (TPSA) is 97.6 Å². The van der Waals surface area contributed by atoms with Crippen LogP contribution in [0.25, 0.3) is 16.9 Å². The molecule has 128 valence electrons. The van der Waals surface area contributed by atoms with E-state index in [1.807, 2.05) is 30.3 Å². The maximum atomic E-state index is 12.1. The highest BCUT2D eigenvalue weighted by molar-refractivity contribution is 5.89. The third kappa shape index (κ3) is 3.48. The fourth-order valence-electron chi connectivity index (χ4n) is 2.50. The van der Waals surface area contributed by atoms with Crippen molar-refractivity contribution in [1.29, 1.82) is 0 Å². The minimum Gasteiger partial charge on any atom is -0.334 e. The standard InChI is InChI=1S/C18H15N7O/c26-18(22-10-13-4-5-16-14(9-13)3-1-6-19-16)24-15-11-23-25(12-15)17-20-7-2-8-21-17/h1-9,11-12H,10H2,(H2,22,24,26). The van der Waals surface area contributed by atoms with Gasteiger partial charge in [0.25, 0.3) is 0 Å². The van der Waals surface area contributed by atoms with E-state index in [4.69, 9.17) is 0 Å². The van der Waals surface area contributed by atoms with Crippen LogP contribution in [0.15, 0.2) is 67.4 Å². The molecule has 26 heavy (non-hydrogen) atoms. The number of rotatable bonds is 4. The fraction of sp³-hybridized carbons (Fsp3) is 0.0556. The Kier molecular flexibility index (Phi) is 4.21. The molecule has 0 aliphatic carbocycles. The number of hydrogen-bond acceptors (Lipinski definition) is 5. The summed E-state index contributed by atoms with van der Waals surface area (Å²) in [5.41, 5.74) is 2.47. The number of pyridine rings is 1. The molecule has 0 aliphatic heterocycles. The van der Waals surface area contributed by atoms with Crippen molar-refractivity contribution >= 4 is 22.6 Å². The van der Waals surface area contributed by atoms with Crippen molar-refractivity contribution < 1.29 is 4.79 Å². The number of amides is 2. The van der Waals surface area contributed by atoms with E-state index in [1.54, 1.807) is 30.9 Å². The van der Waals surface area contributed by atoms with E-state index in [0.717, 1.165) is 16.5 Å². The molecule has 0 aliphatic rings. The van der Waals surface area contributed by atoms with Crippen LogP contribution < -0.4 is 10.6 Å². The van der Waals surface area contributed by atoms with E-state index in [-0.39, 0.29) is 6.03 Å². The van der Waals surface area contributed by atoms with Crippen molar-refractivity contribution in [1.82, 2.24) is 30.0 Å². The van der Waals surface area contributed by atoms with Gasteiger partial charge in [-0.05, 0) is 29.8 Å². The van der Waals surface area contributed by atoms with Crippen molar-refractivity contribution in [2.45, 2.75) is 6.54 Å². The Morgan fingerprint density at radius 1 is 1.04 bits per heavy atom. The molecule has 4 rings (SSSR count). The molecule has 8 nitrogen and oxygen atoms in total. The molecule has 2 amide bonds. The van der Waals surface area contributed by atoms with Crippen LogP contribution in [0, 0.1) is 0 Å². The molecule has 4 aromatic rings. The second-order valence-corrected chi connectivity index (χ2v) is 5.56. The summed E-state index contributed by atoms with van der Waals surface area (Å²) in [6.07, 6.45) is 8.20. The largest absolute Gasteiger partial charge is 0.334 e.